The first-order valence-corrected chi connectivity index (χ1v) is 6.01. The summed E-state index contributed by atoms with van der Waals surface area (Å²) in [5.74, 6) is 2.09. The summed E-state index contributed by atoms with van der Waals surface area (Å²) >= 11 is 0. The Morgan fingerprint density at radius 1 is 1.30 bits per heavy atom. The molecule has 0 bridgehead atoms. The summed E-state index contributed by atoms with van der Waals surface area (Å²) < 4.78 is 10.3. The number of halogens is 1. The molecule has 0 radical (unpaired) electrons. The van der Waals surface area contributed by atoms with Crippen LogP contribution in [0, 0.1) is 0 Å². The highest BCUT2D eigenvalue weighted by atomic mass is 127. The van der Waals surface area contributed by atoms with Gasteiger partial charge >= 0.3 is 0 Å². The summed E-state index contributed by atoms with van der Waals surface area (Å²) in [5, 5.41) is 3.01. The van der Waals surface area contributed by atoms with Gasteiger partial charge in [-0.15, -0.1) is 24.0 Å². The number of furan rings is 1. The lowest BCUT2D eigenvalue weighted by Crippen LogP contribution is -2.23. The van der Waals surface area contributed by atoms with E-state index < -0.39 is 0 Å². The molecule has 6 heteroatoms. The Morgan fingerprint density at radius 3 is 2.65 bits per heavy atom. The molecule has 0 aliphatic heterocycles. The summed E-state index contributed by atoms with van der Waals surface area (Å²) in [6.45, 7) is 0.586. The van der Waals surface area contributed by atoms with Gasteiger partial charge in [0.2, 0.25) is 0 Å². The number of hydrogen-bond acceptors (Lipinski definition) is 3. The zero-order valence-corrected chi connectivity index (χ0v) is 13.5. The van der Waals surface area contributed by atoms with Crippen molar-refractivity contribution in [3.05, 3.63) is 48.4 Å². The Hall–Kier alpha value is -1.70. The molecule has 1 aromatic carbocycles. The molecule has 2 aromatic rings. The fraction of sp³-hybridized carbons (Fsp3) is 0.214. The monoisotopic (exact) mass is 387 g/mol. The van der Waals surface area contributed by atoms with Crippen LogP contribution in [0.4, 0.5) is 5.69 Å². The molecule has 0 unspecified atom stereocenters. The largest absolute Gasteiger partial charge is 0.497 e. The Labute approximate surface area is 135 Å². The fourth-order valence-electron chi connectivity index (χ4n) is 1.60. The number of nitrogens with one attached hydrogen (secondary N) is 1. The second kappa shape index (κ2) is 8.47. The van der Waals surface area contributed by atoms with Gasteiger partial charge in [-0.25, -0.2) is 0 Å². The molecule has 5 nitrogen and oxygen atoms in total. The number of benzene rings is 1. The predicted molar refractivity (Wildman–Crippen MR) is 90.9 cm³/mol. The smallest absolute Gasteiger partial charge is 0.193 e. The summed E-state index contributed by atoms with van der Waals surface area (Å²) in [7, 11) is 1.63. The van der Waals surface area contributed by atoms with Crippen LogP contribution in [-0.4, -0.2) is 19.6 Å². The van der Waals surface area contributed by atoms with Crippen LogP contribution in [0.2, 0.25) is 0 Å². The SMILES string of the molecule is COc1ccc(NC(N)=NCCc2ccco2)cc1.I. The van der Waals surface area contributed by atoms with E-state index in [2.05, 4.69) is 10.3 Å². The lowest BCUT2D eigenvalue weighted by Gasteiger charge is -2.06. The molecular weight excluding hydrogens is 369 g/mol. The lowest BCUT2D eigenvalue weighted by molar-refractivity contribution is 0.415. The first-order valence-electron chi connectivity index (χ1n) is 6.01. The van der Waals surface area contributed by atoms with Crippen molar-refractivity contribution in [1.82, 2.24) is 0 Å². The number of rotatable bonds is 5. The molecule has 0 atom stereocenters. The van der Waals surface area contributed by atoms with E-state index in [0.29, 0.717) is 12.5 Å². The third kappa shape index (κ3) is 5.12. The minimum absolute atomic E-state index is 0. The van der Waals surface area contributed by atoms with Gasteiger partial charge in [0.05, 0.1) is 13.4 Å². The highest BCUT2D eigenvalue weighted by Crippen LogP contribution is 2.14. The van der Waals surface area contributed by atoms with E-state index in [1.54, 1.807) is 13.4 Å². The molecule has 0 spiro atoms. The minimum atomic E-state index is 0. The van der Waals surface area contributed by atoms with Gasteiger partial charge in [-0.05, 0) is 36.4 Å². The van der Waals surface area contributed by atoms with Crippen molar-refractivity contribution in [3.63, 3.8) is 0 Å². The van der Waals surface area contributed by atoms with Crippen molar-refractivity contribution in [2.24, 2.45) is 10.7 Å². The maximum absolute atomic E-state index is 5.79. The number of nitrogens with two attached hydrogens (primary N) is 1. The first-order chi connectivity index (χ1) is 9.28. The number of hydrogen-bond donors (Lipinski definition) is 2. The summed E-state index contributed by atoms with van der Waals surface area (Å²) in [6.07, 6.45) is 2.38. The van der Waals surface area contributed by atoms with Crippen LogP contribution in [-0.2, 0) is 6.42 Å². The zero-order valence-electron chi connectivity index (χ0n) is 11.2. The van der Waals surface area contributed by atoms with Crippen molar-refractivity contribution in [1.29, 1.82) is 0 Å². The van der Waals surface area contributed by atoms with Gasteiger partial charge in [0.15, 0.2) is 5.96 Å². The van der Waals surface area contributed by atoms with Crippen molar-refractivity contribution < 1.29 is 9.15 Å². The second-order valence-electron chi connectivity index (χ2n) is 3.95. The number of nitrogens with zero attached hydrogens (tertiary/aromatic N) is 1. The van der Waals surface area contributed by atoms with Crippen LogP contribution in [0.15, 0.2) is 52.1 Å². The van der Waals surface area contributed by atoms with E-state index in [-0.39, 0.29) is 24.0 Å². The van der Waals surface area contributed by atoms with Crippen LogP contribution in [0.25, 0.3) is 0 Å². The van der Waals surface area contributed by atoms with Gasteiger partial charge in [0.1, 0.15) is 11.5 Å². The fourth-order valence-corrected chi connectivity index (χ4v) is 1.60. The van der Waals surface area contributed by atoms with Crippen molar-refractivity contribution >= 4 is 35.6 Å². The number of guanidine groups is 1. The van der Waals surface area contributed by atoms with E-state index >= 15 is 0 Å². The lowest BCUT2D eigenvalue weighted by atomic mass is 10.3. The van der Waals surface area contributed by atoms with Gasteiger partial charge in [-0.2, -0.15) is 0 Å². The van der Waals surface area contributed by atoms with E-state index in [9.17, 15) is 0 Å². The Morgan fingerprint density at radius 2 is 2.05 bits per heavy atom. The van der Waals surface area contributed by atoms with Gasteiger partial charge < -0.3 is 20.2 Å². The molecule has 108 valence electrons. The molecular formula is C14H18IN3O2. The van der Waals surface area contributed by atoms with Crippen molar-refractivity contribution in [2.75, 3.05) is 19.0 Å². The maximum atomic E-state index is 5.79. The molecule has 0 saturated carbocycles. The molecule has 0 saturated heterocycles. The molecule has 0 aliphatic rings. The van der Waals surface area contributed by atoms with Crippen LogP contribution in [0.5, 0.6) is 5.75 Å². The maximum Gasteiger partial charge on any atom is 0.193 e. The van der Waals surface area contributed by atoms with Gasteiger partial charge in [0, 0.05) is 18.7 Å². The average molecular weight is 387 g/mol. The van der Waals surface area contributed by atoms with Gasteiger partial charge in [-0.3, -0.25) is 4.99 Å². The molecule has 3 N–H and O–H groups in total. The van der Waals surface area contributed by atoms with Crippen LogP contribution in [0.1, 0.15) is 5.76 Å². The average Bonchev–Trinajstić information content (AvgIpc) is 2.93. The van der Waals surface area contributed by atoms with Crippen molar-refractivity contribution in [3.8, 4) is 5.75 Å². The number of ether oxygens (including phenoxy) is 1. The third-order valence-electron chi connectivity index (χ3n) is 2.58. The standard InChI is InChI=1S/C14H17N3O2.HI/c1-18-12-6-4-11(5-7-12)17-14(15)16-9-8-13-3-2-10-19-13;/h2-7,10H,8-9H2,1H3,(H3,15,16,17);1H. The zero-order chi connectivity index (χ0) is 13.5. The molecule has 20 heavy (non-hydrogen) atoms. The van der Waals surface area contributed by atoms with E-state index in [1.165, 1.54) is 0 Å². The number of methoxy groups -OCH3 is 1. The van der Waals surface area contributed by atoms with Crippen molar-refractivity contribution in [2.45, 2.75) is 6.42 Å². The predicted octanol–water partition coefficient (Wildman–Crippen LogP) is 2.88. The molecule has 0 fully saturated rings. The number of anilines is 1. The Kier molecular flexibility index (Phi) is 6.92. The Balaban J connectivity index is 0.00000200. The minimum Gasteiger partial charge on any atom is -0.497 e. The molecule has 1 heterocycles. The molecule has 2 rings (SSSR count). The van der Waals surface area contributed by atoms with Crippen LogP contribution >= 0.6 is 24.0 Å². The quantitative estimate of drug-likeness (QED) is 0.470. The third-order valence-corrected chi connectivity index (χ3v) is 2.58. The summed E-state index contributed by atoms with van der Waals surface area (Å²) in [4.78, 5) is 4.23. The summed E-state index contributed by atoms with van der Waals surface area (Å²) in [5.41, 5.74) is 6.67. The second-order valence-corrected chi connectivity index (χ2v) is 3.95. The van der Waals surface area contributed by atoms with E-state index in [1.807, 2.05) is 36.4 Å². The topological polar surface area (TPSA) is 72.8 Å². The number of aliphatic imine (C=N–C) groups is 1. The normalized spacial score (nSPS) is 10.8. The molecule has 0 aliphatic carbocycles. The molecule has 1 aromatic heterocycles. The van der Waals surface area contributed by atoms with Gasteiger partial charge in [-0.1, -0.05) is 0 Å². The highest BCUT2D eigenvalue weighted by molar-refractivity contribution is 14.0. The highest BCUT2D eigenvalue weighted by Gasteiger charge is 1.97. The van der Waals surface area contributed by atoms with E-state index in [4.69, 9.17) is 14.9 Å². The Bertz CT molecular complexity index is 524. The van der Waals surface area contributed by atoms with Crippen LogP contribution < -0.4 is 15.8 Å². The van der Waals surface area contributed by atoms with Gasteiger partial charge in [0.25, 0.3) is 0 Å². The molecule has 0 amide bonds. The van der Waals surface area contributed by atoms with E-state index in [0.717, 1.165) is 23.6 Å². The van der Waals surface area contributed by atoms with Crippen LogP contribution in [0.3, 0.4) is 0 Å². The first kappa shape index (κ1) is 16.4. The summed E-state index contributed by atoms with van der Waals surface area (Å²) in [6, 6.07) is 11.3.